The van der Waals surface area contributed by atoms with Crippen LogP contribution < -0.4 is 20.1 Å². The number of nitrogens with one attached hydrogen (secondary N) is 2. The van der Waals surface area contributed by atoms with Crippen LogP contribution in [0.15, 0.2) is 67.1 Å². The van der Waals surface area contributed by atoms with Gasteiger partial charge in [0, 0.05) is 47.6 Å². The van der Waals surface area contributed by atoms with Crippen molar-refractivity contribution >= 4 is 28.3 Å². The molecule has 1 saturated heterocycles. The lowest BCUT2D eigenvalue weighted by atomic mass is 10.1. The molecule has 6 rings (SSSR count). The number of hydrogen-bond donors (Lipinski definition) is 2. The molecule has 3 aromatic heterocycles. The molecule has 1 aliphatic heterocycles. The second-order valence-corrected chi connectivity index (χ2v) is 9.70. The van der Waals surface area contributed by atoms with Crippen LogP contribution in [-0.4, -0.2) is 49.9 Å². The Morgan fingerprint density at radius 2 is 1.88 bits per heavy atom. The predicted octanol–water partition coefficient (Wildman–Crippen LogP) is 5.01. The second kappa shape index (κ2) is 11.8. The zero-order valence-corrected chi connectivity index (χ0v) is 22.7. The van der Waals surface area contributed by atoms with E-state index in [1.807, 2.05) is 24.3 Å². The number of benzene rings is 2. The highest BCUT2D eigenvalue weighted by Crippen LogP contribution is 2.32. The van der Waals surface area contributed by atoms with Crippen LogP contribution >= 0.6 is 0 Å². The van der Waals surface area contributed by atoms with Crippen molar-refractivity contribution in [1.82, 2.24) is 30.0 Å². The zero-order chi connectivity index (χ0) is 29.1. The Labute approximate surface area is 239 Å². The minimum Gasteiger partial charge on any atom is -0.494 e. The molecule has 1 unspecified atom stereocenters. The third-order valence-corrected chi connectivity index (χ3v) is 6.83. The molecule has 42 heavy (non-hydrogen) atoms. The van der Waals surface area contributed by atoms with Crippen molar-refractivity contribution in [2.75, 3.05) is 18.5 Å². The minimum absolute atomic E-state index is 0.00204. The number of amides is 1. The molecule has 0 spiro atoms. The van der Waals surface area contributed by atoms with Crippen LogP contribution in [-0.2, 0) is 11.3 Å². The molecule has 214 valence electrons. The van der Waals surface area contributed by atoms with Gasteiger partial charge in [0.05, 0.1) is 30.9 Å². The summed E-state index contributed by atoms with van der Waals surface area (Å²) in [5.41, 5.74) is 1.68. The standard InChI is InChI=1S/C30H27F2N7O3/c1-2-41-20-13-23(31)22(24(32)14-20)16-39-25-6-4-3-5-21(25)28(38-39)30-34-15-26(42-17-19-7-8-27(40)35-19)29(37-30)36-18-9-11-33-12-10-18/h3-6,9-15,19H,2,7-8,16-17H2,1H3,(H,35,40)(H,33,34,36,37). The van der Waals surface area contributed by atoms with Gasteiger partial charge in [-0.1, -0.05) is 18.2 Å². The molecule has 4 heterocycles. The number of aromatic nitrogens is 5. The van der Waals surface area contributed by atoms with Crippen molar-refractivity contribution in [2.45, 2.75) is 32.4 Å². The molecule has 0 radical (unpaired) electrons. The predicted molar refractivity (Wildman–Crippen MR) is 152 cm³/mol. The van der Waals surface area contributed by atoms with Gasteiger partial charge in [0.1, 0.15) is 29.7 Å². The van der Waals surface area contributed by atoms with E-state index in [4.69, 9.17) is 19.6 Å². The molecule has 10 nitrogen and oxygen atoms in total. The monoisotopic (exact) mass is 571 g/mol. The number of hydrogen-bond acceptors (Lipinski definition) is 8. The molecule has 2 aromatic carbocycles. The summed E-state index contributed by atoms with van der Waals surface area (Å²) in [4.78, 5) is 24.9. The Balaban J connectivity index is 1.36. The zero-order valence-electron chi connectivity index (χ0n) is 22.7. The van der Waals surface area contributed by atoms with Crippen LogP contribution in [0.4, 0.5) is 20.3 Å². The number of anilines is 2. The Morgan fingerprint density at radius 3 is 2.62 bits per heavy atom. The van der Waals surface area contributed by atoms with E-state index in [1.165, 1.54) is 16.8 Å². The Bertz CT molecular complexity index is 1720. The molecule has 1 atom stereocenters. The first kappa shape index (κ1) is 27.1. The van der Waals surface area contributed by atoms with Gasteiger partial charge in [-0.05, 0) is 31.5 Å². The summed E-state index contributed by atoms with van der Waals surface area (Å²) < 4.78 is 42.7. The van der Waals surface area contributed by atoms with E-state index in [0.29, 0.717) is 47.6 Å². The molecule has 1 aliphatic rings. The highest BCUT2D eigenvalue weighted by Gasteiger charge is 2.23. The number of carbonyl (C=O) groups is 1. The lowest BCUT2D eigenvalue weighted by molar-refractivity contribution is -0.119. The number of rotatable bonds is 10. The number of fused-ring (bicyclic) bond motifs is 1. The normalized spacial score (nSPS) is 14.6. The summed E-state index contributed by atoms with van der Waals surface area (Å²) in [6.07, 6.45) is 5.98. The molecule has 12 heteroatoms. The van der Waals surface area contributed by atoms with Crippen LogP contribution in [0.25, 0.3) is 22.4 Å². The average Bonchev–Trinajstić information content (AvgIpc) is 3.58. The topological polar surface area (TPSA) is 116 Å². The number of ether oxygens (including phenoxy) is 2. The molecular weight excluding hydrogens is 544 g/mol. The summed E-state index contributed by atoms with van der Waals surface area (Å²) >= 11 is 0. The van der Waals surface area contributed by atoms with Gasteiger partial charge in [-0.25, -0.2) is 18.7 Å². The lowest BCUT2D eigenvalue weighted by Gasteiger charge is -2.15. The number of carbonyl (C=O) groups excluding carboxylic acids is 1. The molecule has 1 fully saturated rings. The maximum absolute atomic E-state index is 14.9. The van der Waals surface area contributed by atoms with E-state index in [1.54, 1.807) is 37.6 Å². The molecule has 0 aliphatic carbocycles. The summed E-state index contributed by atoms with van der Waals surface area (Å²) in [5, 5.41) is 11.5. The van der Waals surface area contributed by atoms with E-state index in [0.717, 1.165) is 5.69 Å². The molecular formula is C30H27F2N7O3. The van der Waals surface area contributed by atoms with E-state index in [-0.39, 0.29) is 42.2 Å². The number of para-hydroxylation sites is 1. The SMILES string of the molecule is CCOc1cc(F)c(Cn2nc(-c3ncc(OCC4CCC(=O)N4)c(Nc4ccncc4)n3)c3ccccc32)c(F)c1. The lowest BCUT2D eigenvalue weighted by Crippen LogP contribution is -2.31. The van der Waals surface area contributed by atoms with Gasteiger partial charge < -0.3 is 20.1 Å². The Hall–Kier alpha value is -5.13. The van der Waals surface area contributed by atoms with E-state index in [9.17, 15) is 13.6 Å². The van der Waals surface area contributed by atoms with Crippen molar-refractivity contribution in [3.8, 4) is 23.0 Å². The van der Waals surface area contributed by atoms with Crippen LogP contribution in [0.1, 0.15) is 25.3 Å². The first-order valence-corrected chi connectivity index (χ1v) is 13.5. The fourth-order valence-corrected chi connectivity index (χ4v) is 4.79. The smallest absolute Gasteiger partial charge is 0.220 e. The van der Waals surface area contributed by atoms with Crippen molar-refractivity contribution in [3.63, 3.8) is 0 Å². The van der Waals surface area contributed by atoms with Gasteiger partial charge in [-0.15, -0.1) is 0 Å². The van der Waals surface area contributed by atoms with Crippen molar-refractivity contribution in [2.24, 2.45) is 0 Å². The van der Waals surface area contributed by atoms with Crippen molar-refractivity contribution in [3.05, 3.63) is 84.3 Å². The van der Waals surface area contributed by atoms with E-state index < -0.39 is 11.6 Å². The van der Waals surface area contributed by atoms with Crippen molar-refractivity contribution < 1.29 is 23.0 Å². The average molecular weight is 572 g/mol. The Morgan fingerprint density at radius 1 is 1.10 bits per heavy atom. The first-order valence-electron chi connectivity index (χ1n) is 13.5. The third-order valence-electron chi connectivity index (χ3n) is 6.83. The van der Waals surface area contributed by atoms with Crippen LogP contribution in [0.5, 0.6) is 11.5 Å². The highest BCUT2D eigenvalue weighted by atomic mass is 19.1. The quantitative estimate of drug-likeness (QED) is 0.240. The number of pyridine rings is 1. The number of nitrogens with zero attached hydrogens (tertiary/aromatic N) is 5. The summed E-state index contributed by atoms with van der Waals surface area (Å²) in [5.74, 6) is -0.257. The van der Waals surface area contributed by atoms with Crippen LogP contribution in [0, 0.1) is 11.6 Å². The van der Waals surface area contributed by atoms with Gasteiger partial charge >= 0.3 is 0 Å². The van der Waals surface area contributed by atoms with Crippen LogP contribution in [0.2, 0.25) is 0 Å². The van der Waals surface area contributed by atoms with Crippen molar-refractivity contribution in [1.29, 1.82) is 0 Å². The maximum atomic E-state index is 14.9. The molecule has 5 aromatic rings. The summed E-state index contributed by atoms with van der Waals surface area (Å²) in [6, 6.07) is 13.2. The molecule has 2 N–H and O–H groups in total. The largest absolute Gasteiger partial charge is 0.494 e. The van der Waals surface area contributed by atoms with Gasteiger partial charge in [0.25, 0.3) is 0 Å². The first-order chi connectivity index (χ1) is 20.5. The fourth-order valence-electron chi connectivity index (χ4n) is 4.79. The molecule has 0 bridgehead atoms. The van der Waals surface area contributed by atoms with Gasteiger partial charge in [-0.3, -0.25) is 14.5 Å². The van der Waals surface area contributed by atoms with Crippen LogP contribution in [0.3, 0.4) is 0 Å². The van der Waals surface area contributed by atoms with E-state index >= 15 is 0 Å². The van der Waals surface area contributed by atoms with Gasteiger partial charge in [-0.2, -0.15) is 5.10 Å². The Kier molecular flexibility index (Phi) is 7.58. The summed E-state index contributed by atoms with van der Waals surface area (Å²) in [7, 11) is 0. The second-order valence-electron chi connectivity index (χ2n) is 9.70. The molecule has 0 saturated carbocycles. The van der Waals surface area contributed by atoms with Gasteiger partial charge in [0.15, 0.2) is 17.4 Å². The maximum Gasteiger partial charge on any atom is 0.220 e. The molecule has 1 amide bonds. The number of halogens is 2. The highest BCUT2D eigenvalue weighted by molar-refractivity contribution is 5.92. The fraction of sp³-hybridized carbons (Fsp3) is 0.233. The minimum atomic E-state index is -0.723. The summed E-state index contributed by atoms with van der Waals surface area (Å²) in [6.45, 7) is 2.15. The third kappa shape index (κ3) is 5.69. The van der Waals surface area contributed by atoms with Gasteiger partial charge in [0.2, 0.25) is 5.91 Å². The van der Waals surface area contributed by atoms with E-state index in [2.05, 4.69) is 20.6 Å².